The molecular formula is C67H41BN4S. The fourth-order valence-corrected chi connectivity index (χ4v) is 15.1. The van der Waals surface area contributed by atoms with Gasteiger partial charge in [-0.15, -0.1) is 11.3 Å². The Hall–Kier alpha value is -9.15. The topological polar surface area (TPSA) is 35.2 Å². The van der Waals surface area contributed by atoms with Gasteiger partial charge in [0, 0.05) is 54.2 Å². The van der Waals surface area contributed by atoms with Gasteiger partial charge in [-0.05, 0) is 111 Å². The minimum atomic E-state index is -0.746. The predicted octanol–water partition coefficient (Wildman–Crippen LogP) is 15.1. The summed E-state index contributed by atoms with van der Waals surface area (Å²) in [6.45, 7) is 2.17. The number of hydrogen-bond donors (Lipinski definition) is 0. The van der Waals surface area contributed by atoms with Gasteiger partial charge >= 0.3 is 0 Å². The van der Waals surface area contributed by atoms with E-state index in [0.29, 0.717) is 5.56 Å². The Labute approximate surface area is 427 Å². The first-order valence-electron chi connectivity index (χ1n) is 25.1. The van der Waals surface area contributed by atoms with E-state index in [2.05, 4.69) is 252 Å². The van der Waals surface area contributed by atoms with Crippen molar-refractivity contribution >= 4 is 89.7 Å². The van der Waals surface area contributed by atoms with Gasteiger partial charge in [0.25, 0.3) is 6.71 Å². The Balaban J connectivity index is 1.07. The van der Waals surface area contributed by atoms with E-state index >= 15 is 0 Å². The lowest BCUT2D eigenvalue weighted by molar-refractivity contribution is 0.762. The molecule has 338 valence electrons. The molecule has 12 aromatic rings. The molecule has 0 amide bonds. The van der Waals surface area contributed by atoms with Crippen molar-refractivity contribution in [3.63, 3.8) is 0 Å². The molecule has 73 heavy (non-hydrogen) atoms. The number of benzene rings is 10. The molecule has 3 aliphatic heterocycles. The van der Waals surface area contributed by atoms with Crippen molar-refractivity contribution < 1.29 is 0 Å². The molecule has 0 saturated carbocycles. The van der Waals surface area contributed by atoms with Gasteiger partial charge < -0.3 is 14.4 Å². The highest BCUT2D eigenvalue weighted by atomic mass is 32.1. The second kappa shape index (κ2) is 14.9. The van der Waals surface area contributed by atoms with Crippen molar-refractivity contribution in [1.82, 2.24) is 4.57 Å². The molecule has 5 heterocycles. The smallest absolute Gasteiger partial charge is 0.264 e. The van der Waals surface area contributed by atoms with Crippen LogP contribution in [0.15, 0.2) is 231 Å². The lowest BCUT2D eigenvalue weighted by Crippen LogP contribution is -2.60. The van der Waals surface area contributed by atoms with E-state index in [1.165, 1.54) is 115 Å². The fraction of sp³-hybridized carbons (Fsp3) is 0.0299. The number of nitriles is 1. The highest BCUT2D eigenvalue weighted by Crippen LogP contribution is 2.66. The number of para-hydroxylation sites is 5. The SMILES string of the molecule is Cc1cc2c3c(c1)N(c1ccccc1-c1ccccc1)c1c(sc4c1-c1ccccc1C41c4cc(C#N)ccc4-n4c5ccccc5c5cccc1c54)B3c1ccccc1N2c1ccccc1-c1ccccc1. The Morgan fingerprint density at radius 2 is 1.07 bits per heavy atom. The summed E-state index contributed by atoms with van der Waals surface area (Å²) < 4.78 is 3.79. The normalized spacial score (nSPS) is 15.2. The number of rotatable bonds is 4. The lowest BCUT2D eigenvalue weighted by Gasteiger charge is -2.44. The van der Waals surface area contributed by atoms with E-state index in [1.54, 1.807) is 0 Å². The molecule has 4 nitrogen and oxygen atoms in total. The number of aryl methyl sites for hydroxylation is 1. The van der Waals surface area contributed by atoms with E-state index in [-0.39, 0.29) is 6.71 Å². The monoisotopic (exact) mass is 944 g/mol. The molecule has 10 aromatic carbocycles. The molecular weight excluding hydrogens is 904 g/mol. The number of thiophene rings is 1. The number of aromatic nitrogens is 1. The zero-order valence-electron chi connectivity index (χ0n) is 39.7. The summed E-state index contributed by atoms with van der Waals surface area (Å²) in [4.78, 5) is 6.49. The van der Waals surface area contributed by atoms with Crippen LogP contribution in [-0.4, -0.2) is 11.3 Å². The van der Waals surface area contributed by atoms with Crippen LogP contribution in [0.1, 0.15) is 32.7 Å². The summed E-state index contributed by atoms with van der Waals surface area (Å²) in [7, 11) is 0. The molecule has 2 aromatic heterocycles. The minimum absolute atomic E-state index is 0.0902. The molecule has 0 radical (unpaired) electrons. The Morgan fingerprint density at radius 3 is 1.81 bits per heavy atom. The van der Waals surface area contributed by atoms with Crippen molar-refractivity contribution in [2.45, 2.75) is 12.3 Å². The number of anilines is 6. The van der Waals surface area contributed by atoms with E-state index in [0.717, 1.165) is 22.6 Å². The van der Waals surface area contributed by atoms with Crippen molar-refractivity contribution in [1.29, 1.82) is 5.26 Å². The Bertz CT molecular complexity index is 4390. The van der Waals surface area contributed by atoms with E-state index in [9.17, 15) is 5.26 Å². The molecule has 1 atom stereocenters. The van der Waals surface area contributed by atoms with Crippen LogP contribution >= 0.6 is 11.3 Å². The maximum Gasteiger partial charge on any atom is 0.264 e. The van der Waals surface area contributed by atoms with Crippen LogP contribution in [-0.2, 0) is 5.41 Å². The molecule has 0 fully saturated rings. The number of hydrogen-bond acceptors (Lipinski definition) is 4. The van der Waals surface area contributed by atoms with Crippen LogP contribution in [0.3, 0.4) is 0 Å². The van der Waals surface area contributed by atoms with Gasteiger partial charge in [0.1, 0.15) is 0 Å². The van der Waals surface area contributed by atoms with Crippen LogP contribution in [0, 0.1) is 18.3 Å². The van der Waals surface area contributed by atoms with Crippen molar-refractivity contribution in [2.75, 3.05) is 9.80 Å². The average molecular weight is 945 g/mol. The molecule has 0 bridgehead atoms. The first-order chi connectivity index (χ1) is 36.1. The highest BCUT2D eigenvalue weighted by Gasteiger charge is 2.56. The molecule has 4 aliphatic rings. The van der Waals surface area contributed by atoms with E-state index < -0.39 is 5.41 Å². The van der Waals surface area contributed by atoms with Crippen LogP contribution in [0.25, 0.3) is 60.9 Å². The summed E-state index contributed by atoms with van der Waals surface area (Å²) in [5.74, 6) is 0. The average Bonchev–Trinajstić information content (AvgIpc) is 4.15. The van der Waals surface area contributed by atoms with E-state index in [1.807, 2.05) is 17.4 Å². The highest BCUT2D eigenvalue weighted by molar-refractivity contribution is 7.30. The van der Waals surface area contributed by atoms with Crippen molar-refractivity contribution in [3.05, 3.63) is 263 Å². The summed E-state index contributed by atoms with van der Waals surface area (Å²) in [5.41, 5.74) is 25.0. The molecule has 1 spiro atoms. The third kappa shape index (κ3) is 5.24. The first kappa shape index (κ1) is 40.6. The van der Waals surface area contributed by atoms with Crippen LogP contribution in [0.5, 0.6) is 0 Å². The molecule has 0 N–H and O–H groups in total. The maximum absolute atomic E-state index is 10.8. The first-order valence-corrected chi connectivity index (χ1v) is 25.9. The van der Waals surface area contributed by atoms with Gasteiger partial charge in [0.05, 0.1) is 50.8 Å². The third-order valence-electron chi connectivity index (χ3n) is 16.2. The fourth-order valence-electron chi connectivity index (χ4n) is 13.5. The molecule has 6 heteroatoms. The second-order valence-electron chi connectivity index (χ2n) is 19.9. The molecule has 1 unspecified atom stereocenters. The van der Waals surface area contributed by atoms with Gasteiger partial charge in [-0.2, -0.15) is 5.26 Å². The van der Waals surface area contributed by atoms with Gasteiger partial charge in [-0.25, -0.2) is 0 Å². The number of fused-ring (bicyclic) bond motifs is 17. The standard InChI is InChI=1S/C67H41BN4S/c1-41-37-59-62-60(38-41)72(55-32-15-10-24-46(55)44-21-6-3-7-22-44)64-61-49-26-8-12-28-50(49)67(51-29-18-27-48-47-25-11-16-33-56(47)71(63(48)51)57-36-35-42(40-69)39-52(57)67)65(61)73-66(64)68(62)53-30-13-17-34-58(53)70(59)54-31-14-9-23-45(54)43-19-4-2-5-20-43/h2-39H,1H3. The van der Waals surface area contributed by atoms with E-state index in [4.69, 9.17) is 0 Å². The molecule has 1 aliphatic carbocycles. The predicted molar refractivity (Wildman–Crippen MR) is 304 cm³/mol. The van der Waals surface area contributed by atoms with Gasteiger partial charge in [-0.1, -0.05) is 176 Å². The lowest BCUT2D eigenvalue weighted by atomic mass is 9.36. The summed E-state index contributed by atoms with van der Waals surface area (Å²) in [6.07, 6.45) is 0. The Kier molecular flexibility index (Phi) is 8.31. The summed E-state index contributed by atoms with van der Waals surface area (Å²) in [5, 5.41) is 13.2. The third-order valence-corrected chi connectivity index (χ3v) is 17.6. The summed E-state index contributed by atoms with van der Waals surface area (Å²) in [6, 6.07) is 87.5. The zero-order chi connectivity index (χ0) is 48.1. The largest absolute Gasteiger partial charge is 0.311 e. The van der Waals surface area contributed by atoms with Crippen LogP contribution in [0.4, 0.5) is 34.1 Å². The summed E-state index contributed by atoms with van der Waals surface area (Å²) >= 11 is 1.98. The van der Waals surface area contributed by atoms with Crippen molar-refractivity contribution in [2.24, 2.45) is 0 Å². The van der Waals surface area contributed by atoms with Crippen LogP contribution in [0.2, 0.25) is 0 Å². The van der Waals surface area contributed by atoms with Crippen LogP contribution < -0.4 is 25.5 Å². The van der Waals surface area contributed by atoms with Gasteiger partial charge in [-0.3, -0.25) is 0 Å². The quantitative estimate of drug-likeness (QED) is 0.165. The minimum Gasteiger partial charge on any atom is -0.311 e. The van der Waals surface area contributed by atoms with Gasteiger partial charge in [0.15, 0.2) is 0 Å². The number of nitrogens with zero attached hydrogens (tertiary/aromatic N) is 4. The van der Waals surface area contributed by atoms with Gasteiger partial charge in [0.2, 0.25) is 0 Å². The zero-order valence-corrected chi connectivity index (χ0v) is 40.5. The Morgan fingerprint density at radius 1 is 0.479 bits per heavy atom. The van der Waals surface area contributed by atoms with Crippen molar-refractivity contribution in [3.8, 4) is 45.1 Å². The maximum atomic E-state index is 10.8. The molecule has 0 saturated heterocycles. The molecule has 16 rings (SSSR count). The second-order valence-corrected chi connectivity index (χ2v) is 20.9.